The topological polar surface area (TPSA) is 47.8 Å². The van der Waals surface area contributed by atoms with Crippen molar-refractivity contribution in [2.45, 2.75) is 55.0 Å². The average molecular weight is 319 g/mol. The highest BCUT2D eigenvalue weighted by Gasteiger charge is 2.33. The number of hydrogen-bond acceptors (Lipinski definition) is 5. The molecule has 2 aromatic heterocycles. The first-order valence-corrected chi connectivity index (χ1v) is 9.23. The molecular weight excluding hydrogens is 302 g/mol. The third-order valence-electron chi connectivity index (χ3n) is 4.06. The molecule has 2 aliphatic rings. The van der Waals surface area contributed by atoms with E-state index in [1.807, 2.05) is 0 Å². The Bertz CT molecular complexity index is 646. The van der Waals surface area contributed by atoms with Gasteiger partial charge in [0.1, 0.15) is 11.6 Å². The molecule has 0 amide bonds. The van der Waals surface area contributed by atoms with Gasteiger partial charge in [-0.25, -0.2) is 0 Å². The van der Waals surface area contributed by atoms with Crippen LogP contribution in [0.5, 0.6) is 0 Å². The zero-order chi connectivity index (χ0) is 14.2. The zero-order valence-corrected chi connectivity index (χ0v) is 13.3. The van der Waals surface area contributed by atoms with Crippen LogP contribution in [0, 0.1) is 0 Å². The fourth-order valence-electron chi connectivity index (χ4n) is 2.81. The molecule has 4 rings (SSSR count). The lowest BCUT2D eigenvalue weighted by molar-refractivity contribution is -0.116. The average Bonchev–Trinajstić information content (AvgIpc) is 2.87. The maximum atomic E-state index is 11.9. The molecule has 4 nitrogen and oxygen atoms in total. The number of hydrogen-bond donors (Lipinski definition) is 0. The van der Waals surface area contributed by atoms with Crippen LogP contribution in [0.3, 0.4) is 0 Å². The maximum absolute atomic E-state index is 11.9. The quantitative estimate of drug-likeness (QED) is 0.846. The number of aromatic nitrogens is 3. The first kappa shape index (κ1) is 13.5. The van der Waals surface area contributed by atoms with Crippen LogP contribution >= 0.6 is 23.1 Å². The molecule has 0 aliphatic heterocycles. The zero-order valence-electron chi connectivity index (χ0n) is 11.7. The van der Waals surface area contributed by atoms with Crippen LogP contribution in [0.25, 0.3) is 0 Å². The fourth-order valence-corrected chi connectivity index (χ4v) is 4.76. The highest BCUT2D eigenvalue weighted by Crippen LogP contribution is 2.41. The lowest BCUT2D eigenvalue weighted by Gasteiger charge is -2.10. The Morgan fingerprint density at radius 3 is 2.90 bits per heavy atom. The minimum atomic E-state index is 0.0984. The van der Waals surface area contributed by atoms with Crippen LogP contribution in [0.2, 0.25) is 0 Å². The van der Waals surface area contributed by atoms with E-state index in [9.17, 15) is 4.79 Å². The summed E-state index contributed by atoms with van der Waals surface area (Å²) in [5.41, 5.74) is 0. The summed E-state index contributed by atoms with van der Waals surface area (Å²) >= 11 is 3.39. The number of rotatable bonds is 5. The van der Waals surface area contributed by atoms with Crippen LogP contribution in [-0.4, -0.2) is 25.8 Å². The SMILES string of the molecule is O=C1CCCC1Sc1nnc(Cc2cccs2)n1C1CC1. The summed E-state index contributed by atoms with van der Waals surface area (Å²) in [7, 11) is 0. The molecule has 1 atom stereocenters. The summed E-state index contributed by atoms with van der Waals surface area (Å²) in [4.78, 5) is 13.2. The van der Waals surface area contributed by atoms with Gasteiger partial charge >= 0.3 is 0 Å². The van der Waals surface area contributed by atoms with Crippen LogP contribution in [-0.2, 0) is 11.2 Å². The van der Waals surface area contributed by atoms with E-state index in [1.165, 1.54) is 17.7 Å². The predicted molar refractivity (Wildman–Crippen MR) is 83.9 cm³/mol. The summed E-state index contributed by atoms with van der Waals surface area (Å²) in [5, 5.41) is 11.9. The number of Topliss-reactive ketones (excluding diaryl/α,β-unsaturated/α-hetero) is 1. The standard InChI is InChI=1S/C15H17N3OS2/c19-12-4-1-5-13(12)21-15-17-16-14(18(15)10-6-7-10)9-11-3-2-8-20-11/h2-3,8,10,13H,1,4-7,9H2. The van der Waals surface area contributed by atoms with E-state index >= 15 is 0 Å². The molecule has 2 aliphatic carbocycles. The molecule has 6 heteroatoms. The smallest absolute Gasteiger partial charge is 0.192 e. The lowest BCUT2D eigenvalue weighted by Crippen LogP contribution is -2.11. The molecule has 2 heterocycles. The highest BCUT2D eigenvalue weighted by atomic mass is 32.2. The van der Waals surface area contributed by atoms with Crippen LogP contribution in [0.1, 0.15) is 48.8 Å². The van der Waals surface area contributed by atoms with Gasteiger partial charge in [0.25, 0.3) is 0 Å². The summed E-state index contributed by atoms with van der Waals surface area (Å²) in [5.74, 6) is 1.43. The van der Waals surface area contributed by atoms with Crippen molar-refractivity contribution in [3.8, 4) is 0 Å². The Kier molecular flexibility index (Phi) is 3.59. The Labute approximate surface area is 132 Å². The van der Waals surface area contributed by atoms with Gasteiger partial charge in [0.15, 0.2) is 5.16 Å². The van der Waals surface area contributed by atoms with Gasteiger partial charge in [0, 0.05) is 23.8 Å². The Hall–Kier alpha value is -1.14. The Morgan fingerprint density at radius 1 is 1.33 bits per heavy atom. The number of thiophene rings is 1. The number of carbonyl (C=O) groups excluding carboxylic acids is 1. The Balaban J connectivity index is 1.59. The van der Waals surface area contributed by atoms with E-state index in [0.29, 0.717) is 11.8 Å². The largest absolute Gasteiger partial charge is 0.303 e. The van der Waals surface area contributed by atoms with Crippen LogP contribution in [0.4, 0.5) is 0 Å². The maximum Gasteiger partial charge on any atom is 0.192 e. The molecule has 0 N–H and O–H groups in total. The molecule has 2 saturated carbocycles. The summed E-state index contributed by atoms with van der Waals surface area (Å²) in [6.45, 7) is 0. The number of thioether (sulfide) groups is 1. The van der Waals surface area contributed by atoms with E-state index in [2.05, 4.69) is 32.3 Å². The van der Waals surface area contributed by atoms with Crippen molar-refractivity contribution in [2.75, 3.05) is 0 Å². The second-order valence-corrected chi connectivity index (χ2v) is 7.92. The molecule has 0 saturated heterocycles. The van der Waals surface area contributed by atoms with Crippen molar-refractivity contribution < 1.29 is 4.79 Å². The molecule has 0 spiro atoms. The van der Waals surface area contributed by atoms with Gasteiger partial charge in [-0.1, -0.05) is 17.8 Å². The van der Waals surface area contributed by atoms with Crippen molar-refractivity contribution >= 4 is 28.9 Å². The number of ketones is 1. The summed E-state index contributed by atoms with van der Waals surface area (Å²) < 4.78 is 2.29. The van der Waals surface area contributed by atoms with Crippen molar-refractivity contribution in [3.05, 3.63) is 28.2 Å². The third-order valence-corrected chi connectivity index (χ3v) is 6.20. The molecule has 0 bridgehead atoms. The first-order chi connectivity index (χ1) is 10.3. The van der Waals surface area contributed by atoms with Crippen molar-refractivity contribution in [1.82, 2.24) is 14.8 Å². The lowest BCUT2D eigenvalue weighted by atomic mass is 10.3. The number of nitrogens with zero attached hydrogens (tertiary/aromatic N) is 3. The van der Waals surface area contributed by atoms with E-state index in [4.69, 9.17) is 0 Å². The molecule has 110 valence electrons. The molecular formula is C15H17N3OS2. The fraction of sp³-hybridized carbons (Fsp3) is 0.533. The van der Waals surface area contributed by atoms with Gasteiger partial charge in [0.05, 0.1) is 5.25 Å². The van der Waals surface area contributed by atoms with Gasteiger partial charge in [-0.15, -0.1) is 21.5 Å². The summed E-state index contributed by atoms with van der Waals surface area (Å²) in [6, 6.07) is 4.77. The normalized spacial score (nSPS) is 22.1. The predicted octanol–water partition coefficient (Wildman–Crippen LogP) is 3.48. The van der Waals surface area contributed by atoms with E-state index in [-0.39, 0.29) is 5.25 Å². The van der Waals surface area contributed by atoms with E-state index in [1.54, 1.807) is 23.1 Å². The van der Waals surface area contributed by atoms with Crippen LogP contribution < -0.4 is 0 Å². The minimum absolute atomic E-state index is 0.0984. The molecule has 0 radical (unpaired) electrons. The molecule has 2 fully saturated rings. The molecule has 0 aromatic carbocycles. The van der Waals surface area contributed by atoms with Gasteiger partial charge in [-0.2, -0.15) is 0 Å². The number of carbonyl (C=O) groups is 1. The Morgan fingerprint density at radius 2 is 2.24 bits per heavy atom. The van der Waals surface area contributed by atoms with Crippen LogP contribution in [0.15, 0.2) is 22.7 Å². The third kappa shape index (κ3) is 2.79. The second-order valence-electron chi connectivity index (χ2n) is 5.72. The first-order valence-electron chi connectivity index (χ1n) is 7.47. The van der Waals surface area contributed by atoms with Crippen molar-refractivity contribution in [1.29, 1.82) is 0 Å². The monoisotopic (exact) mass is 319 g/mol. The molecule has 2 aromatic rings. The van der Waals surface area contributed by atoms with E-state index in [0.717, 1.165) is 36.7 Å². The molecule has 1 unspecified atom stereocenters. The van der Waals surface area contributed by atoms with Gasteiger partial charge in [0.2, 0.25) is 0 Å². The van der Waals surface area contributed by atoms with Gasteiger partial charge in [-0.3, -0.25) is 4.79 Å². The van der Waals surface area contributed by atoms with E-state index < -0.39 is 0 Å². The van der Waals surface area contributed by atoms with Gasteiger partial charge in [-0.05, 0) is 37.1 Å². The second kappa shape index (κ2) is 5.57. The van der Waals surface area contributed by atoms with Crippen molar-refractivity contribution in [2.24, 2.45) is 0 Å². The summed E-state index contributed by atoms with van der Waals surface area (Å²) in [6.07, 6.45) is 6.01. The molecule has 21 heavy (non-hydrogen) atoms. The minimum Gasteiger partial charge on any atom is -0.303 e. The van der Waals surface area contributed by atoms with Gasteiger partial charge < -0.3 is 4.57 Å². The van der Waals surface area contributed by atoms with Crippen molar-refractivity contribution in [3.63, 3.8) is 0 Å². The highest BCUT2D eigenvalue weighted by molar-refractivity contribution is 8.00.